The molecule has 2 rings (SSSR count). The Morgan fingerprint density at radius 2 is 1.56 bits per heavy atom. The predicted octanol–water partition coefficient (Wildman–Crippen LogP) is 5.23. The number of rotatable bonds is 5. The summed E-state index contributed by atoms with van der Waals surface area (Å²) in [7, 11) is 3.42. The maximum atomic E-state index is 12.3. The van der Waals surface area contributed by atoms with E-state index >= 15 is 0 Å². The Balaban J connectivity index is 1.91. The first-order valence-corrected chi connectivity index (χ1v) is 9.65. The zero-order chi connectivity index (χ0) is 18.4. The van der Waals surface area contributed by atoms with Gasteiger partial charge in [-0.05, 0) is 67.2 Å². The lowest BCUT2D eigenvalue weighted by Gasteiger charge is -2.13. The van der Waals surface area contributed by atoms with Gasteiger partial charge in [-0.3, -0.25) is 9.59 Å². The third-order valence-corrected chi connectivity index (χ3v) is 5.60. The zero-order valence-corrected chi connectivity index (χ0v) is 16.5. The zero-order valence-electron chi connectivity index (χ0n) is 14.2. The minimum absolute atomic E-state index is 0.0372. The summed E-state index contributed by atoms with van der Waals surface area (Å²) in [6.07, 6.45) is 0. The lowest BCUT2D eigenvalue weighted by atomic mass is 10.3. The average molecular weight is 395 g/mol. The van der Waals surface area contributed by atoms with Crippen LogP contribution in [-0.4, -0.2) is 35.4 Å². The number of halogens is 1. The Morgan fingerprint density at radius 3 is 2.12 bits per heavy atom. The summed E-state index contributed by atoms with van der Waals surface area (Å²) in [6, 6.07) is 14.6. The van der Waals surface area contributed by atoms with Crippen molar-refractivity contribution in [3.05, 3.63) is 53.6 Å². The van der Waals surface area contributed by atoms with E-state index in [1.54, 1.807) is 38.4 Å². The minimum Gasteiger partial charge on any atom is -0.339 e. The summed E-state index contributed by atoms with van der Waals surface area (Å²) in [5.74, 6) is -0.0790. The van der Waals surface area contributed by atoms with Gasteiger partial charge in [-0.25, -0.2) is 0 Å². The van der Waals surface area contributed by atoms with E-state index in [9.17, 15) is 9.59 Å². The lowest BCUT2D eigenvalue weighted by Crippen LogP contribution is -2.22. The van der Waals surface area contributed by atoms with E-state index in [1.165, 1.54) is 16.7 Å². The highest BCUT2D eigenvalue weighted by Gasteiger charge is 2.15. The van der Waals surface area contributed by atoms with Gasteiger partial charge in [0.05, 0.1) is 5.25 Å². The maximum Gasteiger partial charge on any atom is 0.285 e. The number of nitrogens with zero attached hydrogens (tertiary/aromatic N) is 1. The average Bonchev–Trinajstić information content (AvgIpc) is 2.58. The van der Waals surface area contributed by atoms with Gasteiger partial charge in [-0.15, -0.1) is 11.8 Å². The lowest BCUT2D eigenvalue weighted by molar-refractivity contribution is -0.115. The van der Waals surface area contributed by atoms with E-state index in [0.717, 1.165) is 21.6 Å². The van der Waals surface area contributed by atoms with Crippen LogP contribution in [-0.2, 0) is 4.79 Å². The number of thioether (sulfide) groups is 2. The Hall–Kier alpha value is -1.63. The highest BCUT2D eigenvalue weighted by molar-refractivity contribution is 8.13. The molecule has 2 amide bonds. The highest BCUT2D eigenvalue weighted by Crippen LogP contribution is 2.26. The summed E-state index contributed by atoms with van der Waals surface area (Å²) in [6.45, 7) is 1.86. The van der Waals surface area contributed by atoms with Gasteiger partial charge in [0.25, 0.3) is 5.24 Å². The molecular formula is C18H19ClN2O2S2. The van der Waals surface area contributed by atoms with Crippen LogP contribution >= 0.6 is 35.1 Å². The Bertz CT molecular complexity index is 734. The third kappa shape index (κ3) is 6.30. The van der Waals surface area contributed by atoms with Crippen molar-refractivity contribution < 1.29 is 9.59 Å². The molecule has 1 N–H and O–H groups in total. The summed E-state index contributed by atoms with van der Waals surface area (Å²) in [4.78, 5) is 27.3. The second-order valence-electron chi connectivity index (χ2n) is 5.49. The summed E-state index contributed by atoms with van der Waals surface area (Å²) >= 11 is 8.48. The number of benzene rings is 2. The molecule has 1 unspecified atom stereocenters. The number of carbonyl (C=O) groups excluding carboxylic acids is 2. The highest BCUT2D eigenvalue weighted by atomic mass is 35.5. The van der Waals surface area contributed by atoms with Gasteiger partial charge in [-0.1, -0.05) is 11.6 Å². The van der Waals surface area contributed by atoms with Crippen molar-refractivity contribution in [1.29, 1.82) is 0 Å². The normalized spacial score (nSPS) is 11.7. The van der Waals surface area contributed by atoms with Crippen molar-refractivity contribution in [1.82, 2.24) is 4.90 Å². The Labute approximate surface area is 161 Å². The monoisotopic (exact) mass is 394 g/mol. The largest absolute Gasteiger partial charge is 0.339 e. The number of hydrogen-bond acceptors (Lipinski definition) is 4. The second kappa shape index (κ2) is 9.17. The molecule has 25 heavy (non-hydrogen) atoms. The molecule has 0 aromatic heterocycles. The van der Waals surface area contributed by atoms with E-state index in [0.29, 0.717) is 10.7 Å². The first-order chi connectivity index (χ1) is 11.8. The number of carbonyl (C=O) groups is 2. The van der Waals surface area contributed by atoms with Crippen LogP contribution in [0.3, 0.4) is 0 Å². The SMILES string of the molecule is CC(Sc1ccc(Cl)cc1)C(=O)Nc1ccc(SC(=O)N(C)C)cc1. The van der Waals surface area contributed by atoms with Crippen LogP contribution in [0.4, 0.5) is 10.5 Å². The first kappa shape index (κ1) is 19.7. The van der Waals surface area contributed by atoms with Crippen LogP contribution in [0.2, 0.25) is 5.02 Å². The van der Waals surface area contributed by atoms with Gasteiger partial charge in [0.2, 0.25) is 5.91 Å². The van der Waals surface area contributed by atoms with Crippen LogP contribution < -0.4 is 5.32 Å². The van der Waals surface area contributed by atoms with Crippen LogP contribution in [0.15, 0.2) is 58.3 Å². The molecule has 0 spiro atoms. The maximum absolute atomic E-state index is 12.3. The topological polar surface area (TPSA) is 49.4 Å². The summed E-state index contributed by atoms with van der Waals surface area (Å²) in [5, 5.41) is 3.28. The van der Waals surface area contributed by atoms with Crippen molar-refractivity contribution >= 4 is 52.0 Å². The number of amides is 2. The van der Waals surface area contributed by atoms with Crippen LogP contribution in [0, 0.1) is 0 Å². The van der Waals surface area contributed by atoms with Crippen molar-refractivity contribution in [3.63, 3.8) is 0 Å². The van der Waals surface area contributed by atoms with Crippen LogP contribution in [0.1, 0.15) is 6.92 Å². The second-order valence-corrected chi connectivity index (χ2v) is 8.37. The molecule has 0 aliphatic carbocycles. The fraction of sp³-hybridized carbons (Fsp3) is 0.222. The third-order valence-electron chi connectivity index (χ3n) is 3.19. The van der Waals surface area contributed by atoms with E-state index in [1.807, 2.05) is 31.2 Å². The van der Waals surface area contributed by atoms with Crippen molar-refractivity contribution in [2.75, 3.05) is 19.4 Å². The molecule has 0 fully saturated rings. The van der Waals surface area contributed by atoms with Gasteiger partial charge < -0.3 is 10.2 Å². The van der Waals surface area contributed by atoms with Gasteiger partial charge in [-0.2, -0.15) is 0 Å². The smallest absolute Gasteiger partial charge is 0.285 e. The molecule has 0 heterocycles. The van der Waals surface area contributed by atoms with E-state index in [4.69, 9.17) is 11.6 Å². The fourth-order valence-electron chi connectivity index (χ4n) is 1.81. The molecule has 0 saturated carbocycles. The van der Waals surface area contributed by atoms with Crippen molar-refractivity contribution in [3.8, 4) is 0 Å². The molecule has 0 aliphatic heterocycles. The van der Waals surface area contributed by atoms with E-state index in [-0.39, 0.29) is 16.4 Å². The molecule has 7 heteroatoms. The molecule has 0 radical (unpaired) electrons. The standard InChI is InChI=1S/C18H19ClN2O2S2/c1-12(24-15-8-4-13(19)5-9-15)17(22)20-14-6-10-16(11-7-14)25-18(23)21(2)3/h4-12H,1-3H3,(H,20,22). The summed E-state index contributed by atoms with van der Waals surface area (Å²) in [5.41, 5.74) is 0.704. The molecule has 0 saturated heterocycles. The summed E-state index contributed by atoms with van der Waals surface area (Å²) < 4.78 is 0. The fourth-order valence-corrected chi connectivity index (χ4v) is 3.46. The molecule has 1 atom stereocenters. The molecular weight excluding hydrogens is 376 g/mol. The molecule has 4 nitrogen and oxygen atoms in total. The molecule has 0 bridgehead atoms. The predicted molar refractivity (Wildman–Crippen MR) is 107 cm³/mol. The van der Waals surface area contributed by atoms with Crippen molar-refractivity contribution in [2.24, 2.45) is 0 Å². The minimum atomic E-state index is -0.245. The Morgan fingerprint density at radius 1 is 1.00 bits per heavy atom. The van der Waals surface area contributed by atoms with Crippen LogP contribution in [0.5, 0.6) is 0 Å². The molecule has 2 aromatic rings. The van der Waals surface area contributed by atoms with Crippen LogP contribution in [0.25, 0.3) is 0 Å². The Kier molecular flexibility index (Phi) is 7.23. The van der Waals surface area contributed by atoms with Gasteiger partial charge in [0.1, 0.15) is 0 Å². The first-order valence-electron chi connectivity index (χ1n) is 7.57. The van der Waals surface area contributed by atoms with Gasteiger partial charge in [0.15, 0.2) is 0 Å². The van der Waals surface area contributed by atoms with Gasteiger partial charge >= 0.3 is 0 Å². The van der Waals surface area contributed by atoms with E-state index < -0.39 is 0 Å². The molecule has 2 aromatic carbocycles. The molecule has 132 valence electrons. The molecule has 0 aliphatic rings. The number of nitrogens with one attached hydrogen (secondary N) is 1. The number of hydrogen-bond donors (Lipinski definition) is 1. The number of anilines is 1. The van der Waals surface area contributed by atoms with Crippen molar-refractivity contribution in [2.45, 2.75) is 22.0 Å². The van der Waals surface area contributed by atoms with Gasteiger partial charge in [0, 0.05) is 34.6 Å². The quantitative estimate of drug-likeness (QED) is 0.705. The van der Waals surface area contributed by atoms with E-state index in [2.05, 4.69) is 5.32 Å².